The topological polar surface area (TPSA) is 49.4 Å². The minimum Gasteiger partial charge on any atom is -0.319 e. The molecule has 1 aliphatic heterocycles. The second-order valence-electron chi connectivity index (χ2n) is 5.59. The normalized spacial score (nSPS) is 20.7. The Kier molecular flexibility index (Phi) is 4.29. The number of imide groups is 1. The zero-order chi connectivity index (χ0) is 16.6. The largest absolute Gasteiger partial charge is 0.325 e. The van der Waals surface area contributed by atoms with Crippen LogP contribution in [0.3, 0.4) is 0 Å². The molecule has 0 radical (unpaired) electrons. The fourth-order valence-electron chi connectivity index (χ4n) is 2.65. The smallest absolute Gasteiger partial charge is 0.319 e. The second-order valence-corrected chi connectivity index (χ2v) is 7.42. The third-order valence-corrected chi connectivity index (χ3v) is 4.89. The van der Waals surface area contributed by atoms with Gasteiger partial charge in [-0.2, -0.15) is 0 Å². The molecule has 1 aliphatic rings. The molecule has 1 unspecified atom stereocenters. The molecule has 3 rings (SSSR count). The second kappa shape index (κ2) is 6.09. The van der Waals surface area contributed by atoms with Crippen LogP contribution in [-0.2, 0) is 16.9 Å². The molecule has 0 spiro atoms. The van der Waals surface area contributed by atoms with Crippen LogP contribution in [0, 0.1) is 0 Å². The molecule has 2 aromatic carbocycles. The van der Waals surface area contributed by atoms with Gasteiger partial charge in [0.1, 0.15) is 5.54 Å². The first kappa shape index (κ1) is 16.2. The minimum absolute atomic E-state index is 0.244. The number of hydrogen-bond donors (Lipinski definition) is 1. The van der Waals surface area contributed by atoms with E-state index in [9.17, 15) is 9.59 Å². The van der Waals surface area contributed by atoms with E-state index < -0.39 is 5.54 Å². The predicted octanol–water partition coefficient (Wildman–Crippen LogP) is 4.18. The van der Waals surface area contributed by atoms with E-state index in [4.69, 9.17) is 0 Å². The Bertz CT molecular complexity index is 794. The van der Waals surface area contributed by atoms with Crippen molar-refractivity contribution in [2.75, 3.05) is 0 Å². The van der Waals surface area contributed by atoms with Gasteiger partial charge in [0.05, 0.1) is 6.54 Å². The van der Waals surface area contributed by atoms with Crippen LogP contribution in [0.2, 0.25) is 0 Å². The Labute approximate surface area is 151 Å². The summed E-state index contributed by atoms with van der Waals surface area (Å²) in [5.41, 5.74) is 0.593. The first-order valence-electron chi connectivity index (χ1n) is 7.05. The zero-order valence-corrected chi connectivity index (χ0v) is 15.5. The van der Waals surface area contributed by atoms with Crippen molar-refractivity contribution in [3.05, 3.63) is 68.6 Å². The van der Waals surface area contributed by atoms with Gasteiger partial charge in [0.2, 0.25) is 0 Å². The number of benzene rings is 2. The number of rotatable bonds is 3. The van der Waals surface area contributed by atoms with Crippen molar-refractivity contribution in [1.29, 1.82) is 0 Å². The summed E-state index contributed by atoms with van der Waals surface area (Å²) in [6.07, 6.45) is 0. The van der Waals surface area contributed by atoms with E-state index in [-0.39, 0.29) is 18.5 Å². The lowest BCUT2D eigenvalue weighted by molar-refractivity contribution is -0.131. The number of halogens is 2. The van der Waals surface area contributed by atoms with Crippen LogP contribution in [0.25, 0.3) is 0 Å². The molecule has 2 aromatic rings. The minimum atomic E-state index is -1.05. The molecule has 3 amide bonds. The molecule has 6 heteroatoms. The van der Waals surface area contributed by atoms with E-state index in [1.165, 1.54) is 4.90 Å². The molecule has 1 fully saturated rings. The highest BCUT2D eigenvalue weighted by Gasteiger charge is 2.48. The summed E-state index contributed by atoms with van der Waals surface area (Å²) >= 11 is 6.80. The fraction of sp³-hybridized carbons (Fsp3) is 0.176. The summed E-state index contributed by atoms with van der Waals surface area (Å²) in [5, 5.41) is 2.81. The maximum Gasteiger partial charge on any atom is 0.325 e. The van der Waals surface area contributed by atoms with Crippen LogP contribution in [0.1, 0.15) is 18.1 Å². The SMILES string of the molecule is CC1(c2cccc(Br)c2)NC(=O)N(Cc2cccc(Br)c2)C1=O. The van der Waals surface area contributed by atoms with E-state index in [0.717, 1.165) is 20.1 Å². The summed E-state index contributed by atoms with van der Waals surface area (Å²) in [6.45, 7) is 1.98. The summed E-state index contributed by atoms with van der Waals surface area (Å²) in [6, 6.07) is 14.6. The van der Waals surface area contributed by atoms with Crippen LogP contribution >= 0.6 is 31.9 Å². The van der Waals surface area contributed by atoms with Crippen molar-refractivity contribution in [2.24, 2.45) is 0 Å². The number of urea groups is 1. The van der Waals surface area contributed by atoms with Gasteiger partial charge in [-0.15, -0.1) is 0 Å². The Morgan fingerprint density at radius 3 is 2.35 bits per heavy atom. The molecule has 118 valence electrons. The third kappa shape index (κ3) is 3.05. The van der Waals surface area contributed by atoms with Gasteiger partial charge in [0, 0.05) is 8.95 Å². The maximum absolute atomic E-state index is 12.9. The quantitative estimate of drug-likeness (QED) is 0.732. The number of hydrogen-bond acceptors (Lipinski definition) is 2. The van der Waals surface area contributed by atoms with Crippen LogP contribution in [0.15, 0.2) is 57.5 Å². The molecule has 1 saturated heterocycles. The predicted molar refractivity (Wildman–Crippen MR) is 94.7 cm³/mol. The van der Waals surface area contributed by atoms with Crippen molar-refractivity contribution < 1.29 is 9.59 Å². The highest BCUT2D eigenvalue weighted by molar-refractivity contribution is 9.10. The van der Waals surface area contributed by atoms with Crippen molar-refractivity contribution in [3.63, 3.8) is 0 Å². The number of nitrogens with one attached hydrogen (secondary N) is 1. The van der Waals surface area contributed by atoms with E-state index in [1.54, 1.807) is 6.92 Å². The third-order valence-electron chi connectivity index (χ3n) is 3.91. The van der Waals surface area contributed by atoms with Gasteiger partial charge in [0.25, 0.3) is 5.91 Å². The van der Waals surface area contributed by atoms with Gasteiger partial charge < -0.3 is 5.32 Å². The van der Waals surface area contributed by atoms with Crippen LogP contribution in [0.5, 0.6) is 0 Å². The van der Waals surface area contributed by atoms with Crippen LogP contribution < -0.4 is 5.32 Å². The molecular formula is C17H14Br2N2O2. The highest BCUT2D eigenvalue weighted by Crippen LogP contribution is 2.31. The fourth-order valence-corrected chi connectivity index (χ4v) is 3.50. The van der Waals surface area contributed by atoms with Crippen molar-refractivity contribution in [2.45, 2.75) is 19.0 Å². The Balaban J connectivity index is 1.90. The summed E-state index contributed by atoms with van der Waals surface area (Å²) < 4.78 is 1.78. The summed E-state index contributed by atoms with van der Waals surface area (Å²) in [7, 11) is 0. The van der Waals surface area contributed by atoms with Gasteiger partial charge in [-0.1, -0.05) is 56.1 Å². The van der Waals surface area contributed by atoms with Gasteiger partial charge in [0.15, 0.2) is 0 Å². The number of nitrogens with zero attached hydrogens (tertiary/aromatic N) is 1. The van der Waals surface area contributed by atoms with E-state index in [2.05, 4.69) is 37.2 Å². The molecule has 0 aromatic heterocycles. The van der Waals surface area contributed by atoms with Gasteiger partial charge in [-0.05, 0) is 42.3 Å². The monoisotopic (exact) mass is 436 g/mol. The molecule has 1 atom stereocenters. The lowest BCUT2D eigenvalue weighted by Gasteiger charge is -2.22. The zero-order valence-electron chi connectivity index (χ0n) is 12.3. The highest BCUT2D eigenvalue weighted by atomic mass is 79.9. The average molecular weight is 438 g/mol. The summed E-state index contributed by atoms with van der Waals surface area (Å²) in [5.74, 6) is -0.249. The molecule has 4 nitrogen and oxygen atoms in total. The molecule has 0 aliphatic carbocycles. The first-order valence-corrected chi connectivity index (χ1v) is 8.63. The molecular weight excluding hydrogens is 424 g/mol. The molecule has 0 bridgehead atoms. The van der Waals surface area contributed by atoms with E-state index >= 15 is 0 Å². The Morgan fingerprint density at radius 1 is 1.04 bits per heavy atom. The average Bonchev–Trinajstić information content (AvgIpc) is 2.72. The molecule has 23 heavy (non-hydrogen) atoms. The maximum atomic E-state index is 12.9. The first-order chi connectivity index (χ1) is 10.9. The molecule has 1 heterocycles. The number of carbonyl (C=O) groups is 2. The Morgan fingerprint density at radius 2 is 1.70 bits per heavy atom. The van der Waals surface area contributed by atoms with Crippen LogP contribution in [0.4, 0.5) is 4.79 Å². The lowest BCUT2D eigenvalue weighted by atomic mass is 9.92. The summed E-state index contributed by atoms with van der Waals surface area (Å²) in [4.78, 5) is 26.4. The van der Waals surface area contributed by atoms with E-state index in [0.29, 0.717) is 0 Å². The van der Waals surface area contributed by atoms with Gasteiger partial charge in [-0.3, -0.25) is 9.69 Å². The van der Waals surface area contributed by atoms with Gasteiger partial charge >= 0.3 is 6.03 Å². The van der Waals surface area contributed by atoms with Crippen molar-refractivity contribution in [1.82, 2.24) is 10.2 Å². The van der Waals surface area contributed by atoms with Crippen LogP contribution in [-0.4, -0.2) is 16.8 Å². The van der Waals surface area contributed by atoms with Gasteiger partial charge in [-0.25, -0.2) is 4.79 Å². The van der Waals surface area contributed by atoms with Crippen molar-refractivity contribution in [3.8, 4) is 0 Å². The van der Waals surface area contributed by atoms with Crippen molar-refractivity contribution >= 4 is 43.8 Å². The standard InChI is InChI=1S/C17H14Br2N2O2/c1-17(12-5-3-7-14(19)9-12)15(22)21(16(23)20-17)10-11-4-2-6-13(18)8-11/h2-9H,10H2,1H3,(H,20,23). The lowest BCUT2D eigenvalue weighted by Crippen LogP contribution is -2.40. The molecule has 0 saturated carbocycles. The number of amides is 3. The number of carbonyl (C=O) groups excluding carboxylic acids is 2. The molecule has 1 N–H and O–H groups in total. The van der Waals surface area contributed by atoms with E-state index in [1.807, 2.05) is 48.5 Å². The Hall–Kier alpha value is -1.66.